The van der Waals surface area contributed by atoms with Gasteiger partial charge in [-0.1, -0.05) is 11.6 Å². The predicted octanol–water partition coefficient (Wildman–Crippen LogP) is -5.92. The Labute approximate surface area is 136 Å². The summed E-state index contributed by atoms with van der Waals surface area (Å²) >= 11 is 5.61. The van der Waals surface area contributed by atoms with Crippen molar-refractivity contribution in [2.45, 2.75) is 0 Å². The van der Waals surface area contributed by atoms with Crippen molar-refractivity contribution in [1.29, 1.82) is 0 Å². The summed E-state index contributed by atoms with van der Waals surface area (Å²) < 4.78 is 1.14. The first-order chi connectivity index (χ1) is 6.80. The average Bonchev–Trinajstić information content (AvgIpc) is 2.12. The molecule has 0 aromatic rings. The van der Waals surface area contributed by atoms with Crippen LogP contribution in [0.1, 0.15) is 0 Å². The molecule has 0 amide bonds. The van der Waals surface area contributed by atoms with Crippen LogP contribution in [0.5, 0.6) is 0 Å². The van der Waals surface area contributed by atoms with Gasteiger partial charge in [0, 0.05) is 5.54 Å². The van der Waals surface area contributed by atoms with E-state index in [-0.39, 0.29) is 47.4 Å². The molecule has 4 fully saturated rings. The molecule has 1 N–H and O–H groups in total. The number of nitrogens with zero attached hydrogens (tertiary/aromatic N) is 4. The van der Waals surface area contributed by atoms with E-state index in [1.165, 1.54) is 20.0 Å². The zero-order valence-corrected chi connectivity index (χ0v) is 13.6. The van der Waals surface area contributed by atoms with E-state index >= 15 is 0 Å². The first kappa shape index (κ1) is 18.1. The van der Waals surface area contributed by atoms with Crippen LogP contribution in [0.4, 0.5) is 0 Å². The third-order valence-corrected chi connectivity index (χ3v) is 3.46. The molecule has 8 heteroatoms. The van der Waals surface area contributed by atoms with Crippen LogP contribution in [-0.4, -0.2) is 71.2 Å². The van der Waals surface area contributed by atoms with Gasteiger partial charge < -0.3 is 17.9 Å². The number of halogens is 2. The van der Waals surface area contributed by atoms with Crippen LogP contribution < -0.4 is 42.0 Å². The minimum absolute atomic E-state index is 0. The van der Waals surface area contributed by atoms with Gasteiger partial charge in [0.05, 0.1) is 20.0 Å². The second kappa shape index (κ2) is 7.05. The third kappa shape index (κ3) is 3.57. The Morgan fingerprint density at radius 1 is 1.00 bits per heavy atom. The molecule has 4 rings (SSSR count). The Bertz CT molecular complexity index is 244. The summed E-state index contributed by atoms with van der Waals surface area (Å²) in [5.41, 5.74) is 1.65. The number of quaternary nitrogens is 1. The van der Waals surface area contributed by atoms with Crippen LogP contribution in [-0.2, 0) is 0 Å². The quantitative estimate of drug-likeness (QED) is 0.375. The van der Waals surface area contributed by atoms with E-state index in [0.29, 0.717) is 0 Å². The maximum atomic E-state index is 5.61. The summed E-state index contributed by atoms with van der Waals surface area (Å²) in [6.07, 6.45) is 2.08. The van der Waals surface area contributed by atoms with Gasteiger partial charge in [-0.25, -0.2) is 14.7 Å². The average molecular weight is 291 g/mol. The first-order valence-electron chi connectivity index (χ1n) is 5.07. The second-order valence-electron chi connectivity index (χ2n) is 4.75. The SMILES string of the molecule is Cl/C=C\C[N+]12CN3CN(CN(C3)C1)C2.[Cl-].[Na+].[OH-]. The number of hydrogen-bond donors (Lipinski definition) is 0. The van der Waals surface area contributed by atoms with Crippen LogP contribution in [0.25, 0.3) is 0 Å². The van der Waals surface area contributed by atoms with Gasteiger partial charge in [-0.05, 0) is 6.08 Å². The monoisotopic (exact) mass is 290 g/mol. The Kier molecular flexibility index (Phi) is 7.51. The first-order valence-corrected chi connectivity index (χ1v) is 5.51. The van der Waals surface area contributed by atoms with Gasteiger partial charge in [-0.3, -0.25) is 4.48 Å². The molecule has 4 bridgehead atoms. The van der Waals surface area contributed by atoms with E-state index < -0.39 is 0 Å². The van der Waals surface area contributed by atoms with Gasteiger partial charge in [0.15, 0.2) is 0 Å². The van der Waals surface area contributed by atoms with Gasteiger partial charge in [0.25, 0.3) is 0 Å². The van der Waals surface area contributed by atoms with Crippen molar-refractivity contribution in [3.05, 3.63) is 11.6 Å². The largest absolute Gasteiger partial charge is 1.00 e. The molecule has 0 radical (unpaired) electrons. The minimum atomic E-state index is 0. The molecule has 5 nitrogen and oxygen atoms in total. The second-order valence-corrected chi connectivity index (χ2v) is 5.00. The third-order valence-electron chi connectivity index (χ3n) is 3.28. The molecule has 0 aliphatic carbocycles. The molecule has 4 aliphatic heterocycles. The van der Waals surface area contributed by atoms with Crippen LogP contribution in [0.15, 0.2) is 11.6 Å². The van der Waals surface area contributed by atoms with E-state index in [0.717, 1.165) is 31.0 Å². The van der Waals surface area contributed by atoms with Crippen LogP contribution in [0.3, 0.4) is 0 Å². The topological polar surface area (TPSA) is 39.7 Å². The summed E-state index contributed by atoms with van der Waals surface area (Å²) in [5, 5.41) is 0. The van der Waals surface area contributed by atoms with E-state index in [9.17, 15) is 0 Å². The molecule has 0 saturated carbocycles. The molecular weight excluding hydrogens is 274 g/mol. The van der Waals surface area contributed by atoms with Gasteiger partial charge in [0.2, 0.25) is 0 Å². The molecular formula is C9H17Cl2N4NaO. The van der Waals surface area contributed by atoms with E-state index in [2.05, 4.69) is 20.8 Å². The van der Waals surface area contributed by atoms with Crippen molar-refractivity contribution in [1.82, 2.24) is 14.7 Å². The molecule has 94 valence electrons. The summed E-state index contributed by atoms with van der Waals surface area (Å²) in [4.78, 5) is 7.54. The molecule has 4 heterocycles. The van der Waals surface area contributed by atoms with Crippen LogP contribution in [0, 0.1) is 0 Å². The Morgan fingerprint density at radius 3 is 1.76 bits per heavy atom. The maximum Gasteiger partial charge on any atom is 1.00 e. The van der Waals surface area contributed by atoms with E-state index in [1.807, 2.05) is 0 Å². The van der Waals surface area contributed by atoms with Gasteiger partial charge in [0.1, 0.15) is 26.6 Å². The normalized spacial score (nSPS) is 41.6. The van der Waals surface area contributed by atoms with Crippen molar-refractivity contribution in [3.8, 4) is 0 Å². The maximum absolute atomic E-state index is 5.61. The summed E-state index contributed by atoms with van der Waals surface area (Å²) in [6.45, 7) is 8.09. The van der Waals surface area contributed by atoms with Gasteiger partial charge in [-0.15, -0.1) is 0 Å². The minimum Gasteiger partial charge on any atom is -1.00 e. The standard InChI is InChI=1S/C9H16ClN4.ClH.Na.H2O/c10-2-1-3-14-7-11-4-12(8-14)6-13(5-11)9-14;;;/h1-2H,3-9H2;1H;;1H2/q+1;;+1;/p-2/b2-1-;;;. The molecule has 4 saturated heterocycles. The van der Waals surface area contributed by atoms with E-state index in [1.54, 1.807) is 5.54 Å². The fourth-order valence-corrected chi connectivity index (χ4v) is 3.17. The molecule has 0 aromatic carbocycles. The van der Waals surface area contributed by atoms with Crippen molar-refractivity contribution in [2.24, 2.45) is 0 Å². The molecule has 17 heavy (non-hydrogen) atoms. The fourth-order valence-electron chi connectivity index (χ4n) is 3.09. The molecule has 0 atom stereocenters. The Hall–Kier alpha value is 1.12. The zero-order valence-electron chi connectivity index (χ0n) is 10.1. The predicted molar refractivity (Wildman–Crippen MR) is 56.8 cm³/mol. The molecule has 0 unspecified atom stereocenters. The number of hydrogen-bond acceptors (Lipinski definition) is 4. The smallest absolute Gasteiger partial charge is 1.00 e. The van der Waals surface area contributed by atoms with Crippen LogP contribution in [0.2, 0.25) is 0 Å². The summed E-state index contributed by atoms with van der Waals surface area (Å²) in [7, 11) is 0. The Morgan fingerprint density at radius 2 is 1.41 bits per heavy atom. The van der Waals surface area contributed by atoms with Crippen LogP contribution >= 0.6 is 11.6 Å². The summed E-state index contributed by atoms with van der Waals surface area (Å²) in [5.74, 6) is 0. The van der Waals surface area contributed by atoms with E-state index in [4.69, 9.17) is 11.6 Å². The summed E-state index contributed by atoms with van der Waals surface area (Å²) in [6, 6.07) is 0. The Balaban J connectivity index is 0.000000853. The zero-order chi connectivity index (χ0) is 9.60. The van der Waals surface area contributed by atoms with Gasteiger partial charge >= 0.3 is 29.6 Å². The van der Waals surface area contributed by atoms with Crippen molar-refractivity contribution in [2.75, 3.05) is 46.6 Å². The molecule has 0 spiro atoms. The van der Waals surface area contributed by atoms with Crippen molar-refractivity contribution in [3.63, 3.8) is 0 Å². The fraction of sp³-hybridized carbons (Fsp3) is 0.778. The molecule has 4 aliphatic rings. The van der Waals surface area contributed by atoms with Gasteiger partial charge in [-0.2, -0.15) is 0 Å². The van der Waals surface area contributed by atoms with Crippen molar-refractivity contribution >= 4 is 11.6 Å². The number of rotatable bonds is 2. The van der Waals surface area contributed by atoms with Crippen molar-refractivity contribution < 1.29 is 51.9 Å². The molecule has 0 aromatic heterocycles.